The number of rotatable bonds is 9. The zero-order chi connectivity index (χ0) is 25.8. The normalized spacial score (nSPS) is 24.0. The largest absolute Gasteiger partial charge is 0.381 e. The standard InChI is InChI=1S/C30H45N7/c1-5-10-27(36-19-17-31-18-20-36)29-34-26-21-25(22-32-28(26)37(29)6-2)33-24-13-15-30(16-14-24,35(3)4)23-11-8-7-9-12-23/h7-9,11-12,21-22,24,27,31,33H,5-6,10,13-20H2,1-4H3. The van der Waals surface area contributed by atoms with Crippen molar-refractivity contribution in [2.75, 3.05) is 45.6 Å². The van der Waals surface area contributed by atoms with Gasteiger partial charge in [-0.05, 0) is 64.8 Å². The van der Waals surface area contributed by atoms with E-state index in [4.69, 9.17) is 9.97 Å². The van der Waals surface area contributed by atoms with E-state index in [1.165, 1.54) is 11.4 Å². The van der Waals surface area contributed by atoms with Crippen LogP contribution in [0.2, 0.25) is 0 Å². The summed E-state index contributed by atoms with van der Waals surface area (Å²) in [6.07, 6.45) is 8.88. The van der Waals surface area contributed by atoms with Crippen LogP contribution < -0.4 is 10.6 Å². The summed E-state index contributed by atoms with van der Waals surface area (Å²) in [5.74, 6) is 1.18. The zero-order valence-corrected chi connectivity index (χ0v) is 23.2. The molecule has 1 saturated carbocycles. The molecule has 1 unspecified atom stereocenters. The smallest absolute Gasteiger partial charge is 0.160 e. The van der Waals surface area contributed by atoms with Gasteiger partial charge in [0.2, 0.25) is 0 Å². The maximum atomic E-state index is 5.21. The topological polar surface area (TPSA) is 61.3 Å². The van der Waals surface area contributed by atoms with Gasteiger partial charge in [0.05, 0.1) is 17.9 Å². The molecule has 7 heteroatoms. The fraction of sp³-hybridized carbons (Fsp3) is 0.600. The Labute approximate surface area is 222 Å². The minimum absolute atomic E-state index is 0.120. The van der Waals surface area contributed by atoms with E-state index in [0.29, 0.717) is 12.1 Å². The molecule has 200 valence electrons. The van der Waals surface area contributed by atoms with Gasteiger partial charge in [0, 0.05) is 44.3 Å². The van der Waals surface area contributed by atoms with Crippen molar-refractivity contribution in [1.29, 1.82) is 0 Å². The van der Waals surface area contributed by atoms with Crippen molar-refractivity contribution in [2.45, 2.75) is 76.5 Å². The molecule has 0 spiro atoms. The van der Waals surface area contributed by atoms with Gasteiger partial charge in [-0.25, -0.2) is 9.97 Å². The van der Waals surface area contributed by atoms with Gasteiger partial charge in [-0.2, -0.15) is 0 Å². The second kappa shape index (κ2) is 11.5. The van der Waals surface area contributed by atoms with Gasteiger partial charge in [0.15, 0.2) is 5.65 Å². The minimum Gasteiger partial charge on any atom is -0.381 e. The SMILES string of the molecule is CCCC(c1nc2cc(NC3CCC(c4ccccc4)(N(C)C)CC3)cnc2n1CC)N1CCNCC1. The molecule has 5 rings (SSSR count). The number of fused-ring (bicyclic) bond motifs is 1. The summed E-state index contributed by atoms with van der Waals surface area (Å²) in [6.45, 7) is 9.66. The molecule has 0 bridgehead atoms. The summed E-state index contributed by atoms with van der Waals surface area (Å²) < 4.78 is 2.34. The van der Waals surface area contributed by atoms with Crippen molar-refractivity contribution in [3.63, 3.8) is 0 Å². The van der Waals surface area contributed by atoms with Gasteiger partial charge in [-0.1, -0.05) is 43.7 Å². The first-order valence-electron chi connectivity index (χ1n) is 14.4. The number of piperazine rings is 1. The van der Waals surface area contributed by atoms with E-state index < -0.39 is 0 Å². The van der Waals surface area contributed by atoms with Crippen molar-refractivity contribution in [3.8, 4) is 0 Å². The van der Waals surface area contributed by atoms with Crippen molar-refractivity contribution in [1.82, 2.24) is 29.7 Å². The molecule has 1 aromatic carbocycles. The number of pyridine rings is 1. The summed E-state index contributed by atoms with van der Waals surface area (Å²) in [4.78, 5) is 15.2. The van der Waals surface area contributed by atoms with Gasteiger partial charge in [0.25, 0.3) is 0 Å². The molecule has 1 saturated heterocycles. The predicted molar refractivity (Wildman–Crippen MR) is 153 cm³/mol. The minimum atomic E-state index is 0.120. The third-order valence-electron chi connectivity index (χ3n) is 8.73. The molecular formula is C30H45N7. The van der Waals surface area contributed by atoms with Crippen molar-refractivity contribution in [3.05, 3.63) is 54.0 Å². The highest BCUT2D eigenvalue weighted by atomic mass is 15.3. The second-order valence-electron chi connectivity index (χ2n) is 11.1. The van der Waals surface area contributed by atoms with Crippen molar-refractivity contribution >= 4 is 16.9 Å². The molecule has 0 amide bonds. The Balaban J connectivity index is 1.34. The third kappa shape index (κ3) is 5.27. The van der Waals surface area contributed by atoms with Gasteiger partial charge < -0.3 is 15.2 Å². The van der Waals surface area contributed by atoms with E-state index in [-0.39, 0.29) is 5.54 Å². The highest BCUT2D eigenvalue weighted by Crippen LogP contribution is 2.41. The number of anilines is 1. The monoisotopic (exact) mass is 503 g/mol. The summed E-state index contributed by atoms with van der Waals surface area (Å²) in [6, 6.07) is 14.1. The Kier molecular flexibility index (Phi) is 8.12. The molecule has 2 aromatic heterocycles. The van der Waals surface area contributed by atoms with Crippen LogP contribution in [0, 0.1) is 0 Å². The lowest BCUT2D eigenvalue weighted by Crippen LogP contribution is -2.46. The molecular weight excluding hydrogens is 458 g/mol. The number of nitrogens with one attached hydrogen (secondary N) is 2. The van der Waals surface area contributed by atoms with Crippen LogP contribution in [0.25, 0.3) is 11.2 Å². The quantitative estimate of drug-likeness (QED) is 0.428. The van der Waals surface area contributed by atoms with E-state index in [9.17, 15) is 0 Å². The Hall–Kier alpha value is -2.48. The number of benzene rings is 1. The van der Waals surface area contributed by atoms with Gasteiger partial charge in [0.1, 0.15) is 11.3 Å². The number of aryl methyl sites for hydroxylation is 1. The van der Waals surface area contributed by atoms with Crippen LogP contribution in [0.5, 0.6) is 0 Å². The zero-order valence-electron chi connectivity index (χ0n) is 23.2. The molecule has 1 atom stereocenters. The first-order chi connectivity index (χ1) is 18.1. The molecule has 7 nitrogen and oxygen atoms in total. The summed E-state index contributed by atoms with van der Waals surface area (Å²) in [7, 11) is 4.46. The van der Waals surface area contributed by atoms with Crippen LogP contribution >= 0.6 is 0 Å². The third-order valence-corrected chi connectivity index (χ3v) is 8.73. The van der Waals surface area contributed by atoms with Crippen molar-refractivity contribution in [2.24, 2.45) is 0 Å². The summed E-state index contributed by atoms with van der Waals surface area (Å²) in [5, 5.41) is 7.31. The van der Waals surface area contributed by atoms with E-state index in [1.807, 2.05) is 6.20 Å². The van der Waals surface area contributed by atoms with Gasteiger partial charge >= 0.3 is 0 Å². The highest BCUT2D eigenvalue weighted by molar-refractivity contribution is 5.76. The number of hydrogen-bond donors (Lipinski definition) is 2. The molecule has 2 aliphatic rings. The van der Waals surface area contributed by atoms with Crippen LogP contribution in [0.4, 0.5) is 5.69 Å². The van der Waals surface area contributed by atoms with Crippen LogP contribution in [0.3, 0.4) is 0 Å². The Bertz CT molecular complexity index is 1140. The molecule has 2 fully saturated rings. The predicted octanol–water partition coefficient (Wildman–Crippen LogP) is 5.01. The van der Waals surface area contributed by atoms with Crippen LogP contribution in [0.15, 0.2) is 42.6 Å². The average molecular weight is 504 g/mol. The van der Waals surface area contributed by atoms with Gasteiger partial charge in [-0.3, -0.25) is 9.80 Å². The first-order valence-corrected chi connectivity index (χ1v) is 14.4. The van der Waals surface area contributed by atoms with Gasteiger partial charge in [-0.15, -0.1) is 0 Å². The molecule has 1 aliphatic heterocycles. The lowest BCUT2D eigenvalue weighted by Gasteiger charge is -2.46. The molecule has 1 aliphatic carbocycles. The van der Waals surface area contributed by atoms with E-state index in [2.05, 4.69) is 89.3 Å². The van der Waals surface area contributed by atoms with Crippen LogP contribution in [-0.4, -0.2) is 70.7 Å². The lowest BCUT2D eigenvalue weighted by molar-refractivity contribution is 0.0945. The van der Waals surface area contributed by atoms with E-state index in [0.717, 1.165) is 88.1 Å². The summed E-state index contributed by atoms with van der Waals surface area (Å²) >= 11 is 0. The van der Waals surface area contributed by atoms with Crippen molar-refractivity contribution < 1.29 is 0 Å². The molecule has 3 heterocycles. The van der Waals surface area contributed by atoms with E-state index >= 15 is 0 Å². The van der Waals surface area contributed by atoms with E-state index in [1.54, 1.807) is 0 Å². The summed E-state index contributed by atoms with van der Waals surface area (Å²) in [5.41, 5.74) is 4.68. The number of aromatic nitrogens is 3. The number of hydrogen-bond acceptors (Lipinski definition) is 6. The number of nitrogens with zero attached hydrogens (tertiary/aromatic N) is 5. The maximum Gasteiger partial charge on any atom is 0.160 e. The average Bonchev–Trinajstić information content (AvgIpc) is 3.30. The van der Waals surface area contributed by atoms with Crippen LogP contribution in [0.1, 0.15) is 69.8 Å². The fourth-order valence-corrected chi connectivity index (χ4v) is 6.63. The Morgan fingerprint density at radius 3 is 2.49 bits per heavy atom. The molecule has 37 heavy (non-hydrogen) atoms. The van der Waals surface area contributed by atoms with Crippen LogP contribution in [-0.2, 0) is 12.1 Å². The number of imidazole rings is 1. The first kappa shape index (κ1) is 26.1. The second-order valence-corrected chi connectivity index (χ2v) is 11.1. The molecule has 2 N–H and O–H groups in total. The maximum absolute atomic E-state index is 5.21. The lowest BCUT2D eigenvalue weighted by atomic mass is 9.74. The Morgan fingerprint density at radius 1 is 1.11 bits per heavy atom. The Morgan fingerprint density at radius 2 is 1.84 bits per heavy atom. The molecule has 0 radical (unpaired) electrons. The highest BCUT2D eigenvalue weighted by Gasteiger charge is 2.38. The molecule has 3 aromatic rings. The fourth-order valence-electron chi connectivity index (χ4n) is 6.63.